The Morgan fingerprint density at radius 2 is 2.00 bits per heavy atom. The van der Waals surface area contributed by atoms with E-state index in [0.29, 0.717) is 6.04 Å². The third-order valence-corrected chi connectivity index (χ3v) is 4.79. The molecule has 3 aromatic rings. The van der Waals surface area contributed by atoms with Crippen LogP contribution >= 0.6 is 0 Å². The highest BCUT2D eigenvalue weighted by Gasteiger charge is 2.27. The van der Waals surface area contributed by atoms with Gasteiger partial charge in [-0.05, 0) is 31.0 Å². The summed E-state index contributed by atoms with van der Waals surface area (Å²) >= 11 is 0. The van der Waals surface area contributed by atoms with Gasteiger partial charge in [0.15, 0.2) is 5.82 Å². The Bertz CT molecular complexity index is 851. The molecule has 1 atom stereocenters. The number of hydrogen-bond donors (Lipinski definition) is 1. The van der Waals surface area contributed by atoms with Crippen molar-refractivity contribution in [3.63, 3.8) is 0 Å². The van der Waals surface area contributed by atoms with Crippen LogP contribution in [0, 0.1) is 6.92 Å². The number of likely N-dealkylation sites (tertiary alicyclic amines) is 1. The van der Waals surface area contributed by atoms with E-state index in [9.17, 15) is 0 Å². The molecule has 1 N–H and O–H groups in total. The fourth-order valence-electron chi connectivity index (χ4n) is 3.26. The first-order valence-electron chi connectivity index (χ1n) is 9.06. The Hall–Kier alpha value is -2.79. The molecule has 3 heterocycles. The zero-order valence-corrected chi connectivity index (χ0v) is 15.0. The van der Waals surface area contributed by atoms with E-state index in [1.807, 2.05) is 25.1 Å². The molecular formula is C21H23N5. The molecule has 1 aliphatic heterocycles. The van der Waals surface area contributed by atoms with E-state index in [-0.39, 0.29) is 0 Å². The van der Waals surface area contributed by atoms with Gasteiger partial charge in [-0.15, -0.1) is 0 Å². The van der Waals surface area contributed by atoms with Crippen LogP contribution in [0.2, 0.25) is 0 Å². The third kappa shape index (κ3) is 3.89. The van der Waals surface area contributed by atoms with Crippen molar-refractivity contribution in [1.82, 2.24) is 19.9 Å². The van der Waals surface area contributed by atoms with Crippen LogP contribution in [0.5, 0.6) is 0 Å². The Balaban J connectivity index is 1.39. The Labute approximate surface area is 154 Å². The van der Waals surface area contributed by atoms with Gasteiger partial charge in [-0.3, -0.25) is 9.88 Å². The van der Waals surface area contributed by atoms with Gasteiger partial charge in [0.25, 0.3) is 0 Å². The zero-order valence-electron chi connectivity index (χ0n) is 15.0. The summed E-state index contributed by atoms with van der Waals surface area (Å²) in [5.74, 6) is 1.60. The molecule has 1 aliphatic rings. The molecule has 0 bridgehead atoms. The second-order valence-electron chi connectivity index (χ2n) is 6.74. The smallest absolute Gasteiger partial charge is 0.163 e. The van der Waals surface area contributed by atoms with Crippen molar-refractivity contribution in [2.45, 2.75) is 25.9 Å². The van der Waals surface area contributed by atoms with Crippen LogP contribution in [0.4, 0.5) is 5.82 Å². The zero-order chi connectivity index (χ0) is 17.8. The Morgan fingerprint density at radius 3 is 2.73 bits per heavy atom. The number of rotatable bonds is 6. The number of aryl methyl sites for hydroxylation is 1. The number of nitrogens with zero attached hydrogens (tertiary/aromatic N) is 4. The second kappa shape index (κ2) is 7.62. The molecule has 0 radical (unpaired) electrons. The third-order valence-electron chi connectivity index (χ3n) is 4.79. The first-order chi connectivity index (χ1) is 12.8. The molecule has 1 unspecified atom stereocenters. The second-order valence-corrected chi connectivity index (χ2v) is 6.74. The van der Waals surface area contributed by atoms with Crippen molar-refractivity contribution in [2.75, 3.05) is 18.4 Å². The number of aromatic nitrogens is 3. The maximum atomic E-state index is 4.66. The highest BCUT2D eigenvalue weighted by atomic mass is 15.2. The van der Waals surface area contributed by atoms with Gasteiger partial charge in [-0.1, -0.05) is 30.3 Å². The maximum absolute atomic E-state index is 4.66. The van der Waals surface area contributed by atoms with E-state index in [2.05, 4.69) is 55.5 Å². The van der Waals surface area contributed by atoms with E-state index >= 15 is 0 Å². The fourth-order valence-corrected chi connectivity index (χ4v) is 3.26. The highest BCUT2D eigenvalue weighted by Crippen LogP contribution is 2.22. The van der Waals surface area contributed by atoms with E-state index in [4.69, 9.17) is 0 Å². The monoisotopic (exact) mass is 345 g/mol. The number of hydrogen-bond acceptors (Lipinski definition) is 5. The standard InChI is InChI=1S/C21H23N5/c1-16-12-20(25-21(24-16)18-8-5-10-22-13-18)23-14-19-9-11-26(19)15-17-6-3-2-4-7-17/h2-8,10,12-13,19H,9,11,14-15H2,1H3,(H,23,24,25). The normalized spacial score (nSPS) is 16.9. The van der Waals surface area contributed by atoms with Gasteiger partial charge < -0.3 is 5.32 Å². The van der Waals surface area contributed by atoms with Crippen LogP contribution < -0.4 is 5.32 Å². The highest BCUT2D eigenvalue weighted by molar-refractivity contribution is 5.56. The predicted molar refractivity (Wildman–Crippen MR) is 104 cm³/mol. The molecular weight excluding hydrogens is 322 g/mol. The lowest BCUT2D eigenvalue weighted by molar-refractivity contribution is 0.0912. The van der Waals surface area contributed by atoms with Crippen molar-refractivity contribution >= 4 is 5.82 Å². The molecule has 0 aliphatic carbocycles. The lowest BCUT2D eigenvalue weighted by atomic mass is 10.0. The quantitative estimate of drug-likeness (QED) is 0.741. The van der Waals surface area contributed by atoms with Crippen LogP contribution in [0.3, 0.4) is 0 Å². The number of anilines is 1. The molecule has 2 aromatic heterocycles. The van der Waals surface area contributed by atoms with Crippen molar-refractivity contribution in [3.8, 4) is 11.4 Å². The van der Waals surface area contributed by atoms with E-state index in [1.165, 1.54) is 12.0 Å². The van der Waals surface area contributed by atoms with Gasteiger partial charge in [0, 0.05) is 55.4 Å². The molecule has 132 valence electrons. The van der Waals surface area contributed by atoms with Crippen molar-refractivity contribution in [3.05, 3.63) is 72.2 Å². The minimum absolute atomic E-state index is 0.548. The van der Waals surface area contributed by atoms with Gasteiger partial charge >= 0.3 is 0 Å². The van der Waals surface area contributed by atoms with E-state index in [1.54, 1.807) is 12.4 Å². The summed E-state index contributed by atoms with van der Waals surface area (Å²) in [7, 11) is 0. The largest absolute Gasteiger partial charge is 0.368 e. The molecule has 0 saturated carbocycles. The average molecular weight is 345 g/mol. The van der Waals surface area contributed by atoms with Gasteiger partial charge in [-0.2, -0.15) is 0 Å². The summed E-state index contributed by atoms with van der Waals surface area (Å²) in [5.41, 5.74) is 3.26. The van der Waals surface area contributed by atoms with E-state index in [0.717, 1.165) is 42.5 Å². The fraction of sp³-hybridized carbons (Fsp3) is 0.286. The molecule has 5 nitrogen and oxygen atoms in total. The summed E-state index contributed by atoms with van der Waals surface area (Å²) in [6.45, 7) is 5.06. The minimum Gasteiger partial charge on any atom is -0.368 e. The number of nitrogens with one attached hydrogen (secondary N) is 1. The molecule has 0 spiro atoms. The molecule has 5 heteroatoms. The molecule has 1 aromatic carbocycles. The lowest BCUT2D eigenvalue weighted by Gasteiger charge is -2.41. The minimum atomic E-state index is 0.548. The topological polar surface area (TPSA) is 53.9 Å². The molecule has 26 heavy (non-hydrogen) atoms. The van der Waals surface area contributed by atoms with Gasteiger partial charge in [0.1, 0.15) is 5.82 Å². The molecule has 1 fully saturated rings. The summed E-state index contributed by atoms with van der Waals surface area (Å²) in [6.07, 6.45) is 4.78. The first kappa shape index (κ1) is 16.7. The Morgan fingerprint density at radius 1 is 1.12 bits per heavy atom. The summed E-state index contributed by atoms with van der Waals surface area (Å²) in [4.78, 5) is 15.9. The molecule has 4 rings (SSSR count). The van der Waals surface area contributed by atoms with Crippen LogP contribution in [-0.4, -0.2) is 39.0 Å². The predicted octanol–water partition coefficient (Wildman–Crippen LogP) is 3.53. The summed E-state index contributed by atoms with van der Waals surface area (Å²) in [5, 5.41) is 3.50. The number of pyridine rings is 1. The molecule has 0 amide bonds. The van der Waals surface area contributed by atoms with Crippen LogP contribution in [0.15, 0.2) is 60.9 Å². The maximum Gasteiger partial charge on any atom is 0.163 e. The number of benzene rings is 1. The summed E-state index contributed by atoms with van der Waals surface area (Å²) in [6, 6.07) is 17.1. The van der Waals surface area contributed by atoms with Crippen LogP contribution in [0.25, 0.3) is 11.4 Å². The SMILES string of the molecule is Cc1cc(NCC2CCN2Cc2ccccc2)nc(-c2cccnc2)n1. The van der Waals surface area contributed by atoms with Gasteiger partial charge in [0.05, 0.1) is 0 Å². The molecule has 1 saturated heterocycles. The van der Waals surface area contributed by atoms with Gasteiger partial charge in [0.2, 0.25) is 0 Å². The van der Waals surface area contributed by atoms with Crippen LogP contribution in [-0.2, 0) is 6.54 Å². The van der Waals surface area contributed by atoms with E-state index < -0.39 is 0 Å². The lowest BCUT2D eigenvalue weighted by Crippen LogP contribution is -2.50. The average Bonchev–Trinajstić information content (AvgIpc) is 2.66. The van der Waals surface area contributed by atoms with Gasteiger partial charge in [-0.25, -0.2) is 9.97 Å². The van der Waals surface area contributed by atoms with Crippen LogP contribution in [0.1, 0.15) is 17.7 Å². The Kier molecular flexibility index (Phi) is 4.88. The first-order valence-corrected chi connectivity index (χ1v) is 9.06. The van der Waals surface area contributed by atoms with Crippen molar-refractivity contribution < 1.29 is 0 Å². The van der Waals surface area contributed by atoms with Crippen molar-refractivity contribution in [1.29, 1.82) is 0 Å². The summed E-state index contributed by atoms with van der Waals surface area (Å²) < 4.78 is 0. The van der Waals surface area contributed by atoms with Crippen molar-refractivity contribution in [2.24, 2.45) is 0 Å².